The molecule has 1 aliphatic heterocycles. The molecule has 1 aromatic rings. The molecule has 1 aliphatic rings. The van der Waals surface area contributed by atoms with Crippen molar-refractivity contribution in [2.24, 2.45) is 0 Å². The number of nitrogens with one attached hydrogen (secondary N) is 1. The first-order valence-corrected chi connectivity index (χ1v) is 7.40. The number of rotatable bonds is 3. The molecule has 1 aromatic carbocycles. The van der Waals surface area contributed by atoms with Crippen LogP contribution in [0.5, 0.6) is 0 Å². The lowest BCUT2D eigenvalue weighted by atomic mass is 10.1. The summed E-state index contributed by atoms with van der Waals surface area (Å²) in [5, 5.41) is 2.98. The molecule has 1 saturated heterocycles. The van der Waals surface area contributed by atoms with Crippen molar-refractivity contribution in [1.29, 1.82) is 0 Å². The first-order chi connectivity index (χ1) is 9.86. The normalized spacial score (nSPS) is 24.6. The summed E-state index contributed by atoms with van der Waals surface area (Å²) in [5.41, 5.74) is 0.105. The highest BCUT2D eigenvalue weighted by atomic mass is 35.5. The molecule has 0 spiro atoms. The predicted octanol–water partition coefficient (Wildman–Crippen LogP) is 2.92. The van der Waals surface area contributed by atoms with Crippen LogP contribution in [-0.2, 0) is 9.53 Å². The van der Waals surface area contributed by atoms with Gasteiger partial charge in [0, 0.05) is 18.1 Å². The van der Waals surface area contributed by atoms with Gasteiger partial charge in [-0.25, -0.2) is 4.39 Å². The van der Waals surface area contributed by atoms with Crippen molar-refractivity contribution in [2.75, 3.05) is 18.4 Å². The van der Waals surface area contributed by atoms with Crippen LogP contribution < -0.4 is 5.32 Å². The van der Waals surface area contributed by atoms with Crippen LogP contribution in [0.3, 0.4) is 0 Å². The number of halogens is 2. The molecule has 4 nitrogen and oxygen atoms in total. The van der Waals surface area contributed by atoms with Crippen molar-refractivity contribution in [2.45, 2.75) is 39.0 Å². The Kier molecular flexibility index (Phi) is 5.19. The summed E-state index contributed by atoms with van der Waals surface area (Å²) in [5.74, 6) is -0.749. The molecule has 0 saturated carbocycles. The van der Waals surface area contributed by atoms with Gasteiger partial charge < -0.3 is 10.1 Å². The SMILES string of the molecule is CC1CN(C(C)C(=O)Nc2cc(Cl)ccc2F)CC(C)O1. The fraction of sp³-hybridized carbons (Fsp3) is 0.533. The number of morpholine rings is 1. The minimum Gasteiger partial charge on any atom is -0.373 e. The summed E-state index contributed by atoms with van der Waals surface area (Å²) in [6, 6.07) is 3.73. The topological polar surface area (TPSA) is 41.6 Å². The fourth-order valence-electron chi connectivity index (χ4n) is 2.53. The minimum absolute atomic E-state index is 0.0758. The van der Waals surface area contributed by atoms with E-state index in [4.69, 9.17) is 16.3 Å². The first-order valence-electron chi connectivity index (χ1n) is 7.02. The van der Waals surface area contributed by atoms with Crippen LogP contribution in [-0.4, -0.2) is 42.1 Å². The number of carbonyl (C=O) groups excluding carboxylic acids is 1. The van der Waals surface area contributed by atoms with Crippen molar-refractivity contribution in [3.8, 4) is 0 Å². The number of hydrogen-bond acceptors (Lipinski definition) is 3. The number of benzene rings is 1. The summed E-state index contributed by atoms with van der Waals surface area (Å²) >= 11 is 5.82. The van der Waals surface area contributed by atoms with E-state index in [0.29, 0.717) is 18.1 Å². The van der Waals surface area contributed by atoms with Crippen LogP contribution in [0.1, 0.15) is 20.8 Å². The third-order valence-electron chi connectivity index (χ3n) is 3.56. The van der Waals surface area contributed by atoms with E-state index in [9.17, 15) is 9.18 Å². The molecule has 6 heteroatoms. The molecule has 2 rings (SSSR count). The van der Waals surface area contributed by atoms with Crippen LogP contribution in [0.25, 0.3) is 0 Å². The molecule has 1 N–H and O–H groups in total. The maximum absolute atomic E-state index is 13.7. The Morgan fingerprint density at radius 3 is 2.67 bits per heavy atom. The second kappa shape index (κ2) is 6.73. The van der Waals surface area contributed by atoms with E-state index in [-0.39, 0.29) is 29.8 Å². The maximum Gasteiger partial charge on any atom is 0.241 e. The zero-order valence-corrected chi connectivity index (χ0v) is 13.2. The summed E-state index contributed by atoms with van der Waals surface area (Å²) in [7, 11) is 0. The number of nitrogens with zero attached hydrogens (tertiary/aromatic N) is 1. The quantitative estimate of drug-likeness (QED) is 0.932. The van der Waals surface area contributed by atoms with E-state index in [1.807, 2.05) is 25.7 Å². The number of amides is 1. The van der Waals surface area contributed by atoms with Crippen molar-refractivity contribution in [1.82, 2.24) is 4.90 Å². The van der Waals surface area contributed by atoms with Crippen LogP contribution in [0.4, 0.5) is 10.1 Å². The van der Waals surface area contributed by atoms with Gasteiger partial charge in [-0.1, -0.05) is 11.6 Å². The summed E-state index contributed by atoms with van der Waals surface area (Å²) < 4.78 is 19.3. The molecule has 0 aliphatic carbocycles. The van der Waals surface area contributed by atoms with E-state index in [0.717, 1.165) is 0 Å². The maximum atomic E-state index is 13.7. The van der Waals surface area contributed by atoms with Crippen LogP contribution >= 0.6 is 11.6 Å². The predicted molar refractivity (Wildman–Crippen MR) is 81.1 cm³/mol. The molecule has 21 heavy (non-hydrogen) atoms. The molecule has 3 atom stereocenters. The first kappa shape index (κ1) is 16.2. The van der Waals surface area contributed by atoms with Gasteiger partial charge >= 0.3 is 0 Å². The molecule has 3 unspecified atom stereocenters. The number of anilines is 1. The van der Waals surface area contributed by atoms with E-state index in [2.05, 4.69) is 5.32 Å². The Morgan fingerprint density at radius 1 is 1.43 bits per heavy atom. The summed E-state index contributed by atoms with van der Waals surface area (Å²) in [4.78, 5) is 14.3. The van der Waals surface area contributed by atoms with Gasteiger partial charge in [-0.3, -0.25) is 9.69 Å². The molecule has 116 valence electrons. The molecule has 1 amide bonds. The van der Waals surface area contributed by atoms with Crippen LogP contribution in [0, 0.1) is 5.82 Å². The Morgan fingerprint density at radius 2 is 2.05 bits per heavy atom. The standard InChI is InChI=1S/C15H20ClFN2O2/c1-9-7-19(8-10(2)21-9)11(3)15(20)18-14-6-12(16)4-5-13(14)17/h4-6,9-11H,7-8H2,1-3H3,(H,18,20). The Hall–Kier alpha value is -1.17. The van der Waals surface area contributed by atoms with Gasteiger partial charge in [0.15, 0.2) is 0 Å². The highest BCUT2D eigenvalue weighted by Crippen LogP contribution is 2.21. The molecule has 1 fully saturated rings. The monoisotopic (exact) mass is 314 g/mol. The van der Waals surface area contributed by atoms with E-state index < -0.39 is 5.82 Å². The van der Waals surface area contributed by atoms with Gasteiger partial charge in [0.2, 0.25) is 5.91 Å². The second-order valence-corrected chi connectivity index (χ2v) is 5.94. The van der Waals surface area contributed by atoms with Gasteiger partial charge in [-0.05, 0) is 39.0 Å². The highest BCUT2D eigenvalue weighted by molar-refractivity contribution is 6.30. The Labute approximate surface area is 129 Å². The second-order valence-electron chi connectivity index (χ2n) is 5.50. The third-order valence-corrected chi connectivity index (χ3v) is 3.80. The highest BCUT2D eigenvalue weighted by Gasteiger charge is 2.29. The van der Waals surface area contributed by atoms with Crippen molar-refractivity contribution < 1.29 is 13.9 Å². The Balaban J connectivity index is 2.04. The molecular formula is C15H20ClFN2O2. The van der Waals surface area contributed by atoms with Gasteiger partial charge in [-0.2, -0.15) is 0 Å². The van der Waals surface area contributed by atoms with E-state index >= 15 is 0 Å². The van der Waals surface area contributed by atoms with Crippen LogP contribution in [0.2, 0.25) is 5.02 Å². The number of ether oxygens (including phenoxy) is 1. The van der Waals surface area contributed by atoms with Crippen LogP contribution in [0.15, 0.2) is 18.2 Å². The zero-order valence-electron chi connectivity index (χ0n) is 12.4. The zero-order chi connectivity index (χ0) is 15.6. The lowest BCUT2D eigenvalue weighted by Gasteiger charge is -2.38. The summed E-state index contributed by atoms with van der Waals surface area (Å²) in [6.07, 6.45) is 0.152. The number of carbonyl (C=O) groups is 1. The average molecular weight is 315 g/mol. The fourth-order valence-corrected chi connectivity index (χ4v) is 2.70. The lowest BCUT2D eigenvalue weighted by Crippen LogP contribution is -2.52. The lowest BCUT2D eigenvalue weighted by molar-refractivity contribution is -0.126. The van der Waals surface area contributed by atoms with E-state index in [1.54, 1.807) is 0 Å². The van der Waals surface area contributed by atoms with Crippen molar-refractivity contribution in [3.63, 3.8) is 0 Å². The van der Waals surface area contributed by atoms with E-state index in [1.165, 1.54) is 18.2 Å². The summed E-state index contributed by atoms with van der Waals surface area (Å²) in [6.45, 7) is 7.12. The molecule has 0 aromatic heterocycles. The number of hydrogen-bond donors (Lipinski definition) is 1. The third kappa shape index (κ3) is 4.15. The average Bonchev–Trinajstić information content (AvgIpc) is 2.41. The Bertz CT molecular complexity index is 516. The minimum atomic E-state index is -0.497. The molecule has 0 radical (unpaired) electrons. The molecule has 0 bridgehead atoms. The van der Waals surface area contributed by atoms with Crippen molar-refractivity contribution in [3.05, 3.63) is 29.0 Å². The van der Waals surface area contributed by atoms with Gasteiger partial charge in [0.1, 0.15) is 5.82 Å². The smallest absolute Gasteiger partial charge is 0.241 e. The molecule has 1 heterocycles. The van der Waals surface area contributed by atoms with Gasteiger partial charge in [0.25, 0.3) is 0 Å². The molecular weight excluding hydrogens is 295 g/mol. The van der Waals surface area contributed by atoms with Crippen molar-refractivity contribution >= 4 is 23.2 Å². The van der Waals surface area contributed by atoms with Gasteiger partial charge in [-0.15, -0.1) is 0 Å². The largest absolute Gasteiger partial charge is 0.373 e. The van der Waals surface area contributed by atoms with Gasteiger partial charge in [0.05, 0.1) is 23.9 Å².